The quantitative estimate of drug-likeness (QED) is 0.145. The zero-order valence-corrected chi connectivity index (χ0v) is 29.0. The van der Waals surface area contributed by atoms with Crippen LogP contribution in [0.3, 0.4) is 0 Å². The Bertz CT molecular complexity index is 1900. The number of pyridine rings is 1. The minimum atomic E-state index is -4.80. The van der Waals surface area contributed by atoms with Gasteiger partial charge in [-0.3, -0.25) is 14.4 Å². The van der Waals surface area contributed by atoms with Crippen molar-refractivity contribution >= 4 is 11.9 Å². The largest absolute Gasteiger partial charge is 0.481 e. The van der Waals surface area contributed by atoms with Gasteiger partial charge in [-0.05, 0) is 109 Å². The molecular formula is C39H42F5N3O4. The third kappa shape index (κ3) is 8.87. The van der Waals surface area contributed by atoms with Crippen molar-refractivity contribution in [2.75, 3.05) is 19.6 Å². The van der Waals surface area contributed by atoms with Crippen LogP contribution in [0.1, 0.15) is 85.0 Å². The van der Waals surface area contributed by atoms with Crippen molar-refractivity contribution in [3.63, 3.8) is 0 Å². The molecule has 1 aliphatic heterocycles. The Labute approximate surface area is 293 Å². The van der Waals surface area contributed by atoms with Gasteiger partial charge in [0, 0.05) is 37.5 Å². The van der Waals surface area contributed by atoms with Crippen LogP contribution in [-0.2, 0) is 22.2 Å². The first-order chi connectivity index (χ1) is 23.9. The van der Waals surface area contributed by atoms with Crippen molar-refractivity contribution in [1.29, 1.82) is 0 Å². The molecule has 1 aromatic heterocycles. The van der Waals surface area contributed by atoms with E-state index in [1.54, 1.807) is 27.7 Å². The average Bonchev–Trinajstić information content (AvgIpc) is 3.82. The van der Waals surface area contributed by atoms with Crippen molar-refractivity contribution in [3.05, 3.63) is 91.9 Å². The molecule has 2 heterocycles. The van der Waals surface area contributed by atoms with Gasteiger partial charge in [0.1, 0.15) is 17.7 Å². The van der Waals surface area contributed by atoms with E-state index in [1.165, 1.54) is 24.3 Å². The monoisotopic (exact) mass is 711 g/mol. The van der Waals surface area contributed by atoms with Gasteiger partial charge in [-0.25, -0.2) is 8.78 Å². The summed E-state index contributed by atoms with van der Waals surface area (Å²) >= 11 is 0. The third-order valence-electron chi connectivity index (χ3n) is 9.67. The number of hydrogen-bond acceptors (Lipinski definition) is 4. The second kappa shape index (κ2) is 15.0. The summed E-state index contributed by atoms with van der Waals surface area (Å²) < 4.78 is 73.6. The zero-order valence-electron chi connectivity index (χ0n) is 29.0. The predicted octanol–water partition coefficient (Wildman–Crippen LogP) is 7.21. The number of carboxylic acids is 1. The molecule has 7 nitrogen and oxygen atoms in total. The Balaban J connectivity index is 1.52. The molecule has 1 saturated carbocycles. The van der Waals surface area contributed by atoms with Crippen LogP contribution < -0.4 is 10.9 Å². The second-order valence-corrected chi connectivity index (χ2v) is 14.5. The molecule has 12 heteroatoms. The number of aryl methyl sites for hydroxylation is 2. The summed E-state index contributed by atoms with van der Waals surface area (Å²) in [6.07, 6.45) is 3.54. The lowest BCUT2D eigenvalue weighted by atomic mass is 9.89. The summed E-state index contributed by atoms with van der Waals surface area (Å²) in [6, 6.07) is 2.99. The maximum Gasteiger partial charge on any atom is 0.416 e. The van der Waals surface area contributed by atoms with E-state index in [0.717, 1.165) is 30.2 Å². The van der Waals surface area contributed by atoms with Gasteiger partial charge in [-0.2, -0.15) is 13.2 Å². The minimum absolute atomic E-state index is 0.0149. The number of aromatic nitrogens is 1. The highest BCUT2D eigenvalue weighted by Gasteiger charge is 2.39. The number of benzene rings is 2. The van der Waals surface area contributed by atoms with Crippen LogP contribution in [0.4, 0.5) is 22.0 Å². The lowest BCUT2D eigenvalue weighted by Gasteiger charge is -2.40. The molecule has 5 rings (SSSR count). The summed E-state index contributed by atoms with van der Waals surface area (Å²) in [5, 5.41) is 12.4. The van der Waals surface area contributed by atoms with Gasteiger partial charge in [0.25, 0.3) is 5.56 Å². The zero-order chi connectivity index (χ0) is 37.4. The molecule has 0 radical (unpaired) electrons. The Kier molecular flexibility index (Phi) is 11.1. The SMILES string of the molecule is C#Cc1cc(-c2c(C)cc(F)cc2C)cc([C@H](CC(=O)O)NC(=O)[C@H](CC(C)C)n2cc(CC3CN(CC4CC4)C3)c(C(F)(F)F)cc2=O)c1F. The first-order valence-electron chi connectivity index (χ1n) is 17.1. The molecule has 2 atom stereocenters. The summed E-state index contributed by atoms with van der Waals surface area (Å²) in [5.74, 6) is -1.07. The molecule has 1 amide bonds. The van der Waals surface area contributed by atoms with Crippen molar-refractivity contribution < 1.29 is 36.6 Å². The molecule has 2 aromatic carbocycles. The summed E-state index contributed by atoms with van der Waals surface area (Å²) in [6.45, 7) is 9.05. The Hall–Kier alpha value is -4.50. The number of carbonyl (C=O) groups is 2. The molecule has 272 valence electrons. The van der Waals surface area contributed by atoms with Crippen molar-refractivity contribution in [2.24, 2.45) is 17.8 Å². The lowest BCUT2D eigenvalue weighted by molar-refractivity contribution is -0.139. The lowest BCUT2D eigenvalue weighted by Crippen LogP contribution is -2.48. The highest BCUT2D eigenvalue weighted by atomic mass is 19.4. The smallest absolute Gasteiger partial charge is 0.416 e. The molecule has 1 aliphatic carbocycles. The normalized spacial score (nSPS) is 16.4. The number of nitrogens with zero attached hydrogens (tertiary/aromatic N) is 2. The van der Waals surface area contributed by atoms with Gasteiger partial charge in [0.2, 0.25) is 5.91 Å². The number of terminal acetylenes is 1. The number of alkyl halides is 3. The summed E-state index contributed by atoms with van der Waals surface area (Å²) in [4.78, 5) is 41.7. The Morgan fingerprint density at radius 2 is 1.69 bits per heavy atom. The maximum atomic E-state index is 15.9. The van der Waals surface area contributed by atoms with E-state index < -0.39 is 59.3 Å². The molecule has 51 heavy (non-hydrogen) atoms. The molecule has 0 unspecified atom stereocenters. The first-order valence-corrected chi connectivity index (χ1v) is 17.1. The van der Waals surface area contributed by atoms with Crippen LogP contribution in [0.2, 0.25) is 0 Å². The van der Waals surface area contributed by atoms with Crippen LogP contribution in [0.25, 0.3) is 11.1 Å². The minimum Gasteiger partial charge on any atom is -0.481 e. The van der Waals surface area contributed by atoms with Crippen molar-refractivity contribution in [1.82, 2.24) is 14.8 Å². The Morgan fingerprint density at radius 1 is 1.04 bits per heavy atom. The maximum absolute atomic E-state index is 15.9. The Morgan fingerprint density at radius 3 is 2.24 bits per heavy atom. The van der Waals surface area contributed by atoms with Crippen LogP contribution in [0.15, 0.2) is 41.3 Å². The van der Waals surface area contributed by atoms with Gasteiger partial charge >= 0.3 is 12.1 Å². The highest BCUT2D eigenvalue weighted by molar-refractivity contribution is 5.82. The summed E-state index contributed by atoms with van der Waals surface area (Å²) in [7, 11) is 0. The van der Waals surface area contributed by atoms with E-state index in [4.69, 9.17) is 6.42 Å². The molecule has 3 aromatic rings. The number of nitrogens with one attached hydrogen (secondary N) is 1. The van der Waals surface area contributed by atoms with E-state index in [1.807, 2.05) is 0 Å². The molecular weight excluding hydrogens is 669 g/mol. The van der Waals surface area contributed by atoms with E-state index in [-0.39, 0.29) is 41.4 Å². The molecule has 0 bridgehead atoms. The molecule has 2 N–H and O–H groups in total. The number of aliphatic carboxylic acids is 1. The predicted molar refractivity (Wildman–Crippen MR) is 183 cm³/mol. The third-order valence-corrected chi connectivity index (χ3v) is 9.67. The van der Waals surface area contributed by atoms with Crippen LogP contribution in [0, 0.1) is 55.6 Å². The van der Waals surface area contributed by atoms with Gasteiger partial charge < -0.3 is 19.9 Å². The number of carboxylic acid groups (broad SMARTS) is 1. The van der Waals surface area contributed by atoms with E-state index >= 15 is 4.39 Å². The van der Waals surface area contributed by atoms with Crippen LogP contribution in [-0.4, -0.2) is 46.1 Å². The topological polar surface area (TPSA) is 91.6 Å². The van der Waals surface area contributed by atoms with Crippen LogP contribution >= 0.6 is 0 Å². The van der Waals surface area contributed by atoms with Gasteiger partial charge in [0.15, 0.2) is 0 Å². The standard InChI is InChI=1S/C39H42F5N3O4/c1-6-26-13-27(36-22(4)10-29(40)11-23(36)5)14-30(37(26)41)32(16-35(49)50)45-38(51)33(9-21(2)3)47-20-28(31(15-34(47)48)39(42,43)44)12-25-18-46(19-25)17-24-7-8-24/h1,10-11,13-15,20-21,24-25,32-33H,7-9,12,16-19H2,2-5H3,(H,45,51)(H,49,50)/t32-,33-/m0/s1. The fourth-order valence-corrected chi connectivity index (χ4v) is 7.18. The number of carbonyl (C=O) groups excluding carboxylic acids is 1. The molecule has 2 aliphatic rings. The van der Waals surface area contributed by atoms with Gasteiger partial charge in [-0.15, -0.1) is 6.42 Å². The van der Waals surface area contributed by atoms with E-state index in [2.05, 4.69) is 16.1 Å². The van der Waals surface area contributed by atoms with Gasteiger partial charge in [-0.1, -0.05) is 19.8 Å². The fraction of sp³-hybridized carbons (Fsp3) is 0.462. The number of halogens is 5. The summed E-state index contributed by atoms with van der Waals surface area (Å²) in [5.41, 5.74) is -0.735. The number of likely N-dealkylation sites (tertiary alicyclic amines) is 1. The second-order valence-electron chi connectivity index (χ2n) is 14.5. The fourth-order valence-electron chi connectivity index (χ4n) is 7.18. The molecule has 1 saturated heterocycles. The van der Waals surface area contributed by atoms with Crippen molar-refractivity contribution in [2.45, 2.75) is 78.1 Å². The van der Waals surface area contributed by atoms with E-state index in [9.17, 15) is 37.1 Å². The molecule has 0 spiro atoms. The van der Waals surface area contributed by atoms with Crippen molar-refractivity contribution in [3.8, 4) is 23.5 Å². The van der Waals surface area contributed by atoms with Gasteiger partial charge in [0.05, 0.1) is 23.6 Å². The van der Waals surface area contributed by atoms with Crippen LogP contribution in [0.5, 0.6) is 0 Å². The average molecular weight is 712 g/mol. The van der Waals surface area contributed by atoms with E-state index in [0.29, 0.717) is 47.3 Å². The molecule has 2 fully saturated rings. The first kappa shape index (κ1) is 37.7. The number of rotatable bonds is 13. The highest BCUT2D eigenvalue weighted by Crippen LogP contribution is 2.37. The number of amides is 1. The number of hydrogen-bond donors (Lipinski definition) is 2.